The lowest BCUT2D eigenvalue weighted by Gasteiger charge is -2.03. The number of aromatic amines is 1. The third-order valence-electron chi connectivity index (χ3n) is 3.76. The average molecular weight is 372 g/mol. The molecular formula is C17H14ClN5O3. The van der Waals surface area contributed by atoms with Gasteiger partial charge in [0.25, 0.3) is 11.2 Å². The number of benzene rings is 2. The number of nitro benzene ring substituents is 1. The number of aromatic nitrogens is 2. The summed E-state index contributed by atoms with van der Waals surface area (Å²) in [6.45, 7) is 3.56. The van der Waals surface area contributed by atoms with Crippen LogP contribution in [0.15, 0.2) is 57.5 Å². The monoisotopic (exact) mass is 371 g/mol. The van der Waals surface area contributed by atoms with Crippen LogP contribution >= 0.6 is 11.6 Å². The molecule has 0 saturated carbocycles. The molecule has 0 spiro atoms. The summed E-state index contributed by atoms with van der Waals surface area (Å²) in [7, 11) is 0. The Hall–Kier alpha value is -3.26. The van der Waals surface area contributed by atoms with Crippen molar-refractivity contribution in [2.45, 2.75) is 13.8 Å². The van der Waals surface area contributed by atoms with Gasteiger partial charge in [0, 0.05) is 17.2 Å². The van der Waals surface area contributed by atoms with Crippen molar-refractivity contribution in [2.75, 3.05) is 0 Å². The zero-order chi connectivity index (χ0) is 18.8. The maximum atomic E-state index is 12.6. The van der Waals surface area contributed by atoms with Crippen molar-refractivity contribution in [3.8, 4) is 5.69 Å². The molecule has 0 unspecified atom stereocenters. The van der Waals surface area contributed by atoms with Gasteiger partial charge in [-0.25, -0.2) is 4.68 Å². The van der Waals surface area contributed by atoms with Crippen LogP contribution in [0.4, 0.5) is 17.1 Å². The summed E-state index contributed by atoms with van der Waals surface area (Å²) >= 11 is 6.12. The summed E-state index contributed by atoms with van der Waals surface area (Å²) < 4.78 is 1.32. The molecule has 3 rings (SSSR count). The molecule has 0 amide bonds. The van der Waals surface area contributed by atoms with Crippen LogP contribution in [-0.2, 0) is 0 Å². The van der Waals surface area contributed by atoms with Crippen LogP contribution in [-0.4, -0.2) is 14.7 Å². The second-order valence-corrected chi connectivity index (χ2v) is 6.04. The summed E-state index contributed by atoms with van der Waals surface area (Å²) in [5.74, 6) is 0. The predicted octanol–water partition coefficient (Wildman–Crippen LogP) is 4.76. The molecule has 0 radical (unpaired) electrons. The molecule has 0 saturated heterocycles. The standard InChI is InChI=1S/C17H14ClN5O3/c1-10-6-7-13(9-15(10)18)22-17(24)16(11(2)21-22)20-19-12-4-3-5-14(8-12)23(25)26/h3-9,21H,1-2H3. The Balaban J connectivity index is 1.98. The summed E-state index contributed by atoms with van der Waals surface area (Å²) in [6, 6.07) is 11.0. The van der Waals surface area contributed by atoms with E-state index >= 15 is 0 Å². The molecule has 0 bridgehead atoms. The van der Waals surface area contributed by atoms with E-state index in [1.54, 1.807) is 25.1 Å². The zero-order valence-corrected chi connectivity index (χ0v) is 14.7. The van der Waals surface area contributed by atoms with Gasteiger partial charge in [0.15, 0.2) is 5.69 Å². The maximum absolute atomic E-state index is 12.6. The van der Waals surface area contributed by atoms with Crippen LogP contribution in [0.2, 0.25) is 5.02 Å². The second kappa shape index (κ2) is 6.93. The minimum absolute atomic E-state index is 0.0982. The van der Waals surface area contributed by atoms with Crippen LogP contribution in [0.1, 0.15) is 11.3 Å². The van der Waals surface area contributed by atoms with E-state index in [-0.39, 0.29) is 17.1 Å². The molecule has 0 aliphatic rings. The maximum Gasteiger partial charge on any atom is 0.299 e. The molecule has 0 fully saturated rings. The van der Waals surface area contributed by atoms with Crippen molar-refractivity contribution in [1.29, 1.82) is 0 Å². The highest BCUT2D eigenvalue weighted by molar-refractivity contribution is 6.31. The number of nitrogens with one attached hydrogen (secondary N) is 1. The SMILES string of the molecule is Cc1ccc(-n2[nH]c(C)c(N=Nc3cccc([N+](=O)[O-])c3)c2=O)cc1Cl. The van der Waals surface area contributed by atoms with Crippen molar-refractivity contribution in [2.24, 2.45) is 10.2 Å². The summed E-state index contributed by atoms with van der Waals surface area (Å²) in [4.78, 5) is 22.9. The Kier molecular flexibility index (Phi) is 4.68. The third kappa shape index (κ3) is 3.40. The lowest BCUT2D eigenvalue weighted by Crippen LogP contribution is -2.14. The number of hydrogen-bond donors (Lipinski definition) is 1. The van der Waals surface area contributed by atoms with E-state index in [0.29, 0.717) is 16.4 Å². The first kappa shape index (κ1) is 17.6. The zero-order valence-electron chi connectivity index (χ0n) is 13.9. The van der Waals surface area contributed by atoms with E-state index in [0.717, 1.165) is 5.56 Å². The van der Waals surface area contributed by atoms with E-state index in [1.165, 1.54) is 22.9 Å². The predicted molar refractivity (Wildman–Crippen MR) is 98.1 cm³/mol. The summed E-state index contributed by atoms with van der Waals surface area (Å²) in [5, 5.41) is 22.2. The fourth-order valence-corrected chi connectivity index (χ4v) is 2.51. The van der Waals surface area contributed by atoms with Crippen molar-refractivity contribution in [1.82, 2.24) is 9.78 Å². The molecule has 9 heteroatoms. The molecule has 1 heterocycles. The average Bonchev–Trinajstić information content (AvgIpc) is 2.90. The number of nitro groups is 1. The van der Waals surface area contributed by atoms with Crippen LogP contribution in [0.25, 0.3) is 5.69 Å². The summed E-state index contributed by atoms with van der Waals surface area (Å²) in [5.41, 5.74) is 1.90. The molecule has 8 nitrogen and oxygen atoms in total. The van der Waals surface area contributed by atoms with Crippen LogP contribution in [0.5, 0.6) is 0 Å². The first-order chi connectivity index (χ1) is 12.4. The Bertz CT molecular complexity index is 1080. The van der Waals surface area contributed by atoms with E-state index in [9.17, 15) is 14.9 Å². The molecule has 3 aromatic rings. The largest absolute Gasteiger partial charge is 0.299 e. The van der Waals surface area contributed by atoms with Crippen molar-refractivity contribution < 1.29 is 4.92 Å². The number of azo groups is 1. The molecule has 0 aliphatic carbocycles. The Morgan fingerprint density at radius 3 is 2.62 bits per heavy atom. The Labute approximate surface area is 152 Å². The number of halogens is 1. The van der Waals surface area contributed by atoms with E-state index in [2.05, 4.69) is 15.3 Å². The number of non-ortho nitro benzene ring substituents is 1. The van der Waals surface area contributed by atoms with Crippen LogP contribution in [0, 0.1) is 24.0 Å². The van der Waals surface area contributed by atoms with Crippen LogP contribution < -0.4 is 5.56 Å². The quantitative estimate of drug-likeness (QED) is 0.406. The molecule has 0 aliphatic heterocycles. The Morgan fingerprint density at radius 1 is 1.15 bits per heavy atom. The lowest BCUT2D eigenvalue weighted by atomic mass is 10.2. The first-order valence-corrected chi connectivity index (χ1v) is 7.99. The first-order valence-electron chi connectivity index (χ1n) is 7.61. The highest BCUT2D eigenvalue weighted by Gasteiger charge is 2.13. The van der Waals surface area contributed by atoms with Gasteiger partial charge in [-0.15, -0.1) is 5.11 Å². The van der Waals surface area contributed by atoms with Gasteiger partial charge in [-0.1, -0.05) is 23.7 Å². The highest BCUT2D eigenvalue weighted by atomic mass is 35.5. The van der Waals surface area contributed by atoms with Gasteiger partial charge < -0.3 is 0 Å². The van der Waals surface area contributed by atoms with Gasteiger partial charge >= 0.3 is 0 Å². The van der Waals surface area contributed by atoms with Gasteiger partial charge in [-0.2, -0.15) is 5.11 Å². The van der Waals surface area contributed by atoms with Gasteiger partial charge in [0.2, 0.25) is 0 Å². The van der Waals surface area contributed by atoms with Gasteiger partial charge in [0.05, 0.1) is 22.0 Å². The van der Waals surface area contributed by atoms with Crippen molar-refractivity contribution in [3.63, 3.8) is 0 Å². The minimum Gasteiger partial charge on any atom is -0.293 e. The van der Waals surface area contributed by atoms with Crippen LogP contribution in [0.3, 0.4) is 0 Å². The fourth-order valence-electron chi connectivity index (χ4n) is 2.33. The molecule has 132 valence electrons. The molecule has 1 aromatic heterocycles. The van der Waals surface area contributed by atoms with Crippen molar-refractivity contribution >= 4 is 28.7 Å². The summed E-state index contributed by atoms with van der Waals surface area (Å²) in [6.07, 6.45) is 0. The highest BCUT2D eigenvalue weighted by Crippen LogP contribution is 2.23. The van der Waals surface area contributed by atoms with Gasteiger partial charge in [-0.3, -0.25) is 20.0 Å². The number of aryl methyl sites for hydroxylation is 2. The molecule has 26 heavy (non-hydrogen) atoms. The van der Waals surface area contributed by atoms with Crippen molar-refractivity contribution in [3.05, 3.63) is 79.2 Å². The Morgan fingerprint density at radius 2 is 1.92 bits per heavy atom. The molecule has 2 aromatic carbocycles. The van der Waals surface area contributed by atoms with E-state index in [4.69, 9.17) is 11.6 Å². The second-order valence-electron chi connectivity index (χ2n) is 5.64. The fraction of sp³-hybridized carbons (Fsp3) is 0.118. The minimum atomic E-state index is -0.519. The normalized spacial score (nSPS) is 11.2. The molecule has 0 atom stereocenters. The van der Waals surface area contributed by atoms with Gasteiger partial charge in [0.1, 0.15) is 0 Å². The number of rotatable bonds is 4. The number of hydrogen-bond acceptors (Lipinski definition) is 5. The number of nitrogens with zero attached hydrogens (tertiary/aromatic N) is 4. The van der Waals surface area contributed by atoms with Gasteiger partial charge in [-0.05, 0) is 37.6 Å². The molecular weight excluding hydrogens is 358 g/mol. The third-order valence-corrected chi connectivity index (χ3v) is 4.17. The smallest absolute Gasteiger partial charge is 0.293 e. The molecule has 1 N–H and O–H groups in total. The van der Waals surface area contributed by atoms with E-state index in [1.807, 2.05) is 13.0 Å². The van der Waals surface area contributed by atoms with E-state index < -0.39 is 10.5 Å². The lowest BCUT2D eigenvalue weighted by molar-refractivity contribution is -0.384. The number of H-pyrrole nitrogens is 1. The topological polar surface area (TPSA) is 106 Å².